The number of rotatable bonds is 4. The van der Waals surface area contributed by atoms with E-state index in [2.05, 4.69) is 38.3 Å². The number of hydrogen-bond donors (Lipinski definition) is 2. The Morgan fingerprint density at radius 3 is 2.70 bits per heavy atom. The van der Waals surface area contributed by atoms with Gasteiger partial charge in [0, 0.05) is 37.9 Å². The lowest BCUT2D eigenvalue weighted by Gasteiger charge is -2.47. The van der Waals surface area contributed by atoms with Gasteiger partial charge in [0.2, 0.25) is 0 Å². The maximum Gasteiger partial charge on any atom is 0.330 e. The third kappa shape index (κ3) is 8.15. The predicted octanol–water partition coefficient (Wildman–Crippen LogP) is 5.62. The molecule has 13 heteroatoms. The Labute approximate surface area is 300 Å². The van der Waals surface area contributed by atoms with Gasteiger partial charge >= 0.3 is 6.03 Å². The number of benzene rings is 2. The molecule has 1 saturated heterocycles. The number of methoxy groups -OCH3 is 2. The molecule has 3 amide bonds. The largest absolute Gasteiger partial charge is 0.491 e. The number of nitrogens with one attached hydrogen (secondary N) is 1. The van der Waals surface area contributed by atoms with Crippen LogP contribution < -0.4 is 14.4 Å². The van der Waals surface area contributed by atoms with E-state index in [1.807, 2.05) is 13.0 Å². The lowest BCUT2D eigenvalue weighted by Crippen LogP contribution is -2.68. The van der Waals surface area contributed by atoms with Crippen LogP contribution in [-0.2, 0) is 32.4 Å². The van der Waals surface area contributed by atoms with Gasteiger partial charge in [0.15, 0.2) is 0 Å². The van der Waals surface area contributed by atoms with Crippen molar-refractivity contribution in [2.45, 2.75) is 63.7 Å². The van der Waals surface area contributed by atoms with E-state index >= 15 is 0 Å². The molecule has 2 aromatic rings. The summed E-state index contributed by atoms with van der Waals surface area (Å²) in [6, 6.07) is 10.7. The molecule has 11 nitrogen and oxygen atoms in total. The third-order valence-corrected chi connectivity index (χ3v) is 12.8. The van der Waals surface area contributed by atoms with Gasteiger partial charge in [0.1, 0.15) is 21.3 Å². The first-order valence-electron chi connectivity index (χ1n) is 17.5. The summed E-state index contributed by atoms with van der Waals surface area (Å²) in [5.74, 6) is 0.456. The summed E-state index contributed by atoms with van der Waals surface area (Å²) < 4.78 is 39.1. The molecule has 0 spiro atoms. The van der Waals surface area contributed by atoms with Crippen LogP contribution in [0.5, 0.6) is 5.75 Å². The summed E-state index contributed by atoms with van der Waals surface area (Å²) in [5.41, 5.74) is 2.53. The Balaban J connectivity index is 1.41. The molecule has 2 N–H and O–H groups in total. The van der Waals surface area contributed by atoms with Crippen LogP contribution in [0.25, 0.3) is 0 Å². The van der Waals surface area contributed by atoms with E-state index in [0.29, 0.717) is 42.2 Å². The van der Waals surface area contributed by atoms with Crippen molar-refractivity contribution in [2.24, 2.45) is 22.1 Å². The average molecular weight is 729 g/mol. The zero-order valence-corrected chi connectivity index (χ0v) is 30.7. The number of aliphatic hydroxyl groups is 1. The van der Waals surface area contributed by atoms with E-state index in [9.17, 15) is 18.9 Å². The maximum atomic E-state index is 14.5. The minimum atomic E-state index is -3.56. The molecule has 50 heavy (non-hydrogen) atoms. The summed E-state index contributed by atoms with van der Waals surface area (Å²) in [6.45, 7) is 3.77. The molecule has 2 fully saturated rings. The van der Waals surface area contributed by atoms with Crippen molar-refractivity contribution in [3.8, 4) is 5.75 Å². The second-order valence-electron chi connectivity index (χ2n) is 14.3. The first-order chi connectivity index (χ1) is 24.0. The van der Waals surface area contributed by atoms with Gasteiger partial charge in [-0.25, -0.2) is 9.00 Å². The molecular weight excluding hydrogens is 680 g/mol. The Bertz CT molecular complexity index is 1720. The third-order valence-electron chi connectivity index (χ3n) is 10.6. The van der Waals surface area contributed by atoms with E-state index in [1.54, 1.807) is 25.3 Å². The summed E-state index contributed by atoms with van der Waals surface area (Å²) >= 11 is 6.45. The molecule has 3 aliphatic heterocycles. The normalized spacial score (nSPS) is 29.0. The Morgan fingerprint density at radius 2 is 1.98 bits per heavy atom. The highest BCUT2D eigenvalue weighted by Crippen LogP contribution is 2.42. The summed E-state index contributed by atoms with van der Waals surface area (Å²) in [6.07, 6.45) is 9.43. The number of amides is 3. The number of fused-ring (bicyclic) bond motifs is 3. The molecule has 3 heterocycles. The zero-order chi connectivity index (χ0) is 35.5. The number of hydrogen-bond acceptors (Lipinski definition) is 8. The first kappa shape index (κ1) is 36.6. The van der Waals surface area contributed by atoms with Gasteiger partial charge in [-0.1, -0.05) is 36.7 Å². The Hall–Kier alpha value is -3.16. The van der Waals surface area contributed by atoms with E-state index < -0.39 is 27.5 Å². The van der Waals surface area contributed by atoms with Gasteiger partial charge < -0.3 is 29.1 Å². The fraction of sp³-hybridized carbons (Fsp3) is 0.568. The fourth-order valence-electron chi connectivity index (χ4n) is 7.46. The molecule has 1 unspecified atom stereocenters. The smallest absolute Gasteiger partial charge is 0.330 e. The standard InChI is InChI=1S/C37H49ClN4O7S/c1-25-7-6-9-33(47-2)31-14-11-29(31)20-41-19-28-10-13-30(38)17-26(28)8-4-5-16-49-34-15-12-27(18-32(34)41)35(44)39-50(46,21-25)40-36(45)42-22-37(23-42,24-43)48-3/h6,9-10,12-13,15,17-18,25,29,31,33,43H,4-5,7-8,11,14,16,19-24H2,1-3H3,(H,39,40,44,45,46)/b9-6+/t25-,29-,31+,33-,50?/m0/s1. The summed E-state index contributed by atoms with van der Waals surface area (Å²) in [5, 5.41) is 10.4. The number of aryl methyl sites for hydroxylation is 1. The van der Waals surface area contributed by atoms with Gasteiger partial charge in [-0.15, -0.1) is 4.36 Å². The highest BCUT2D eigenvalue weighted by atomic mass is 35.5. The molecule has 0 radical (unpaired) electrons. The average Bonchev–Trinajstić information content (AvgIpc) is 3.08. The molecule has 1 aliphatic carbocycles. The van der Waals surface area contributed by atoms with Crippen molar-refractivity contribution >= 4 is 39.1 Å². The van der Waals surface area contributed by atoms with Crippen LogP contribution in [0.15, 0.2) is 52.9 Å². The van der Waals surface area contributed by atoms with E-state index in [4.69, 9.17) is 25.8 Å². The van der Waals surface area contributed by atoms with Crippen molar-refractivity contribution in [3.63, 3.8) is 0 Å². The number of nitrogens with zero attached hydrogens (tertiary/aromatic N) is 3. The van der Waals surface area contributed by atoms with Gasteiger partial charge in [-0.2, -0.15) is 0 Å². The molecule has 1 saturated carbocycles. The molecule has 272 valence electrons. The van der Waals surface area contributed by atoms with Crippen molar-refractivity contribution in [3.05, 3.63) is 70.3 Å². The number of allylic oxidation sites excluding steroid dienone is 1. The van der Waals surface area contributed by atoms with Gasteiger partial charge in [0.25, 0.3) is 5.91 Å². The van der Waals surface area contributed by atoms with Crippen LogP contribution in [0, 0.1) is 17.8 Å². The van der Waals surface area contributed by atoms with E-state index in [1.165, 1.54) is 23.1 Å². The monoisotopic (exact) mass is 728 g/mol. The highest BCUT2D eigenvalue weighted by Gasteiger charge is 2.46. The SMILES string of the molecule is CO[C@H]1/C=C/C[C@H](C)CS(=O)(NC(=O)N2CC(CO)(OC)C2)=NC(=O)c2ccc3c(c2)N(Cc2ccc(Cl)cc2CCCCO3)C[C@@H]2CC[C@H]21. The van der Waals surface area contributed by atoms with Crippen LogP contribution >= 0.6 is 11.6 Å². The molecule has 5 atom stereocenters. The molecular formula is C37H49ClN4O7S. The highest BCUT2D eigenvalue weighted by molar-refractivity contribution is 7.92. The Morgan fingerprint density at radius 1 is 1.16 bits per heavy atom. The topological polar surface area (TPSA) is 130 Å². The molecule has 4 aliphatic rings. The van der Waals surface area contributed by atoms with Crippen LogP contribution in [0.2, 0.25) is 5.02 Å². The van der Waals surface area contributed by atoms with Crippen LogP contribution in [0.4, 0.5) is 10.5 Å². The van der Waals surface area contributed by atoms with Gasteiger partial charge in [0.05, 0.1) is 43.8 Å². The van der Waals surface area contributed by atoms with Crippen molar-refractivity contribution in [2.75, 3.05) is 57.7 Å². The number of carbonyl (C=O) groups is 2. The Kier molecular flexibility index (Phi) is 11.4. The van der Waals surface area contributed by atoms with Crippen LogP contribution in [-0.4, -0.2) is 90.7 Å². The fourth-order valence-corrected chi connectivity index (χ4v) is 9.54. The van der Waals surface area contributed by atoms with Gasteiger partial charge in [-0.05, 0) is 97.7 Å². The second-order valence-corrected chi connectivity index (χ2v) is 16.7. The van der Waals surface area contributed by atoms with E-state index in [-0.39, 0.29) is 43.0 Å². The maximum absolute atomic E-state index is 14.5. The zero-order valence-electron chi connectivity index (χ0n) is 29.1. The number of halogens is 1. The minimum absolute atomic E-state index is 0.0265. The first-order valence-corrected chi connectivity index (χ1v) is 19.6. The van der Waals surface area contributed by atoms with Crippen LogP contribution in [0.3, 0.4) is 0 Å². The minimum Gasteiger partial charge on any atom is -0.491 e. The number of carbonyl (C=O) groups excluding carboxylic acids is 2. The molecule has 0 aromatic heterocycles. The van der Waals surface area contributed by atoms with Gasteiger partial charge in [-0.3, -0.25) is 9.52 Å². The quantitative estimate of drug-likeness (QED) is 0.388. The van der Waals surface area contributed by atoms with Crippen LogP contribution in [0.1, 0.15) is 60.5 Å². The lowest BCUT2D eigenvalue weighted by atomic mass is 9.70. The van der Waals surface area contributed by atoms with Crippen molar-refractivity contribution in [1.82, 2.24) is 9.62 Å². The number of anilines is 1. The van der Waals surface area contributed by atoms with Crippen molar-refractivity contribution < 1.29 is 33.1 Å². The van der Waals surface area contributed by atoms with E-state index in [0.717, 1.165) is 44.3 Å². The number of ether oxygens (including phenoxy) is 3. The molecule has 2 aromatic carbocycles. The summed E-state index contributed by atoms with van der Waals surface area (Å²) in [7, 11) is -0.343. The molecule has 6 rings (SSSR count). The predicted molar refractivity (Wildman–Crippen MR) is 194 cm³/mol. The second kappa shape index (κ2) is 15.6. The lowest BCUT2D eigenvalue weighted by molar-refractivity contribution is -0.131. The molecule has 2 bridgehead atoms. The number of aliphatic hydroxyl groups excluding tert-OH is 1. The number of likely N-dealkylation sites (tertiary alicyclic amines) is 1. The summed E-state index contributed by atoms with van der Waals surface area (Å²) in [4.78, 5) is 30.9. The van der Waals surface area contributed by atoms with Crippen molar-refractivity contribution in [1.29, 1.82) is 0 Å². The number of urea groups is 1.